The minimum atomic E-state index is -0.531. The largest absolute Gasteiger partial charge is 0.335 e. The van der Waals surface area contributed by atoms with Gasteiger partial charge in [-0.3, -0.25) is 14.6 Å². The van der Waals surface area contributed by atoms with Crippen molar-refractivity contribution in [3.8, 4) is 0 Å². The van der Waals surface area contributed by atoms with Crippen molar-refractivity contribution >= 4 is 63.3 Å². The van der Waals surface area contributed by atoms with Crippen LogP contribution < -0.4 is 10.2 Å². The predicted molar refractivity (Wildman–Crippen MR) is 108 cm³/mol. The minimum Gasteiger partial charge on any atom is -0.335 e. The summed E-state index contributed by atoms with van der Waals surface area (Å²) in [6, 6.07) is 13.8. The molecule has 1 fully saturated rings. The first-order valence-electron chi connectivity index (χ1n) is 7.76. The molecule has 0 bridgehead atoms. The summed E-state index contributed by atoms with van der Waals surface area (Å²) in [4.78, 5) is 30.4. The fourth-order valence-electron chi connectivity index (χ4n) is 2.49. The Morgan fingerprint density at radius 2 is 1.65 bits per heavy atom. The summed E-state index contributed by atoms with van der Waals surface area (Å²) in [7, 11) is 1.63. The van der Waals surface area contributed by atoms with E-state index in [1.807, 2.05) is 12.1 Å². The number of amides is 2. The molecule has 1 N–H and O–H groups in total. The van der Waals surface area contributed by atoms with Crippen molar-refractivity contribution in [2.45, 2.75) is 11.7 Å². The first-order valence-corrected chi connectivity index (χ1v) is 9.40. The average Bonchev–Trinajstić information content (AvgIpc) is 2.91. The standard InChI is InChI=1S/C18H15Cl2N3O2S/c1-21-18(22-13-6-2-11(19)3-7-13)26-15-10-16(24)23(17(15)25)14-8-4-12(20)5-9-14/h2-9,15H,10H2,1H3,(H,21,22). The minimum absolute atomic E-state index is 0.118. The van der Waals surface area contributed by atoms with Gasteiger partial charge in [0.25, 0.3) is 0 Å². The summed E-state index contributed by atoms with van der Waals surface area (Å²) in [5.74, 6) is -0.502. The molecule has 1 aliphatic heterocycles. The first kappa shape index (κ1) is 18.8. The highest BCUT2D eigenvalue weighted by atomic mass is 35.5. The molecule has 0 aliphatic carbocycles. The van der Waals surface area contributed by atoms with Crippen molar-refractivity contribution in [1.82, 2.24) is 0 Å². The van der Waals surface area contributed by atoms with Crippen molar-refractivity contribution in [1.29, 1.82) is 0 Å². The van der Waals surface area contributed by atoms with E-state index < -0.39 is 5.25 Å². The molecule has 2 aromatic rings. The Kier molecular flexibility index (Phi) is 5.86. The zero-order chi connectivity index (χ0) is 18.7. The van der Waals surface area contributed by atoms with Gasteiger partial charge in [-0.05, 0) is 48.5 Å². The van der Waals surface area contributed by atoms with E-state index in [0.29, 0.717) is 20.9 Å². The highest BCUT2D eigenvalue weighted by Crippen LogP contribution is 2.31. The van der Waals surface area contributed by atoms with Crippen LogP contribution in [0.5, 0.6) is 0 Å². The van der Waals surface area contributed by atoms with Crippen molar-refractivity contribution < 1.29 is 9.59 Å². The Balaban J connectivity index is 1.71. The molecule has 26 heavy (non-hydrogen) atoms. The number of halogens is 2. The molecule has 1 heterocycles. The van der Waals surface area contributed by atoms with Gasteiger partial charge in [-0.15, -0.1) is 0 Å². The number of thioether (sulfide) groups is 1. The molecule has 5 nitrogen and oxygen atoms in total. The highest BCUT2D eigenvalue weighted by molar-refractivity contribution is 8.15. The van der Waals surface area contributed by atoms with Crippen molar-refractivity contribution in [2.75, 3.05) is 17.3 Å². The van der Waals surface area contributed by atoms with Gasteiger partial charge in [0.1, 0.15) is 5.25 Å². The average molecular weight is 408 g/mol. The molecule has 8 heteroatoms. The molecular formula is C18H15Cl2N3O2S. The zero-order valence-electron chi connectivity index (χ0n) is 13.8. The fraction of sp³-hybridized carbons (Fsp3) is 0.167. The third-order valence-electron chi connectivity index (χ3n) is 3.74. The second-order valence-corrected chi connectivity index (χ2v) is 7.58. The van der Waals surface area contributed by atoms with Crippen molar-refractivity contribution in [3.63, 3.8) is 0 Å². The Bertz CT molecular complexity index is 854. The first-order chi connectivity index (χ1) is 12.5. The number of carbonyl (C=O) groups excluding carboxylic acids is 2. The van der Waals surface area contributed by atoms with Gasteiger partial charge >= 0.3 is 0 Å². The number of carbonyl (C=O) groups is 2. The number of benzene rings is 2. The van der Waals surface area contributed by atoms with Gasteiger partial charge in [-0.2, -0.15) is 0 Å². The van der Waals surface area contributed by atoms with E-state index in [1.165, 1.54) is 16.7 Å². The molecule has 134 valence electrons. The number of anilines is 2. The van der Waals surface area contributed by atoms with E-state index in [0.717, 1.165) is 5.69 Å². The number of rotatable bonds is 3. The Hall–Kier alpha value is -2.02. The number of amidine groups is 1. The molecule has 2 amide bonds. The number of aliphatic imine (C=N–C) groups is 1. The number of nitrogens with zero attached hydrogens (tertiary/aromatic N) is 2. The number of imide groups is 1. The second kappa shape index (κ2) is 8.12. The van der Waals surface area contributed by atoms with Crippen LogP contribution in [0.1, 0.15) is 6.42 Å². The van der Waals surface area contributed by atoms with Gasteiger partial charge in [0.2, 0.25) is 11.8 Å². The van der Waals surface area contributed by atoms with E-state index in [-0.39, 0.29) is 18.2 Å². The summed E-state index contributed by atoms with van der Waals surface area (Å²) < 4.78 is 0. The maximum absolute atomic E-state index is 12.7. The van der Waals surface area contributed by atoms with Crippen molar-refractivity contribution in [2.24, 2.45) is 4.99 Å². The van der Waals surface area contributed by atoms with Crippen LogP contribution in [0.4, 0.5) is 11.4 Å². The lowest BCUT2D eigenvalue weighted by Crippen LogP contribution is -2.31. The molecule has 0 radical (unpaired) electrons. The van der Waals surface area contributed by atoms with Crippen LogP contribution in [0.25, 0.3) is 0 Å². The lowest BCUT2D eigenvalue weighted by molar-refractivity contribution is -0.121. The number of hydrogen-bond acceptors (Lipinski definition) is 4. The van der Waals surface area contributed by atoms with E-state index in [2.05, 4.69) is 10.3 Å². The monoisotopic (exact) mass is 407 g/mol. The smallest absolute Gasteiger partial charge is 0.247 e. The predicted octanol–water partition coefficient (Wildman–Crippen LogP) is 4.46. The van der Waals surface area contributed by atoms with Gasteiger partial charge in [-0.25, -0.2) is 4.90 Å². The lowest BCUT2D eigenvalue weighted by atomic mass is 10.3. The summed E-state index contributed by atoms with van der Waals surface area (Å²) in [6.45, 7) is 0. The Labute approximate surface area is 165 Å². The molecular weight excluding hydrogens is 393 g/mol. The van der Waals surface area contributed by atoms with Gasteiger partial charge in [0, 0.05) is 29.2 Å². The quantitative estimate of drug-likeness (QED) is 0.463. The van der Waals surface area contributed by atoms with E-state index >= 15 is 0 Å². The maximum Gasteiger partial charge on any atom is 0.247 e. The molecule has 3 rings (SSSR count). The molecule has 1 unspecified atom stereocenters. The molecule has 0 spiro atoms. The van der Waals surface area contributed by atoms with Crippen LogP contribution in [0.3, 0.4) is 0 Å². The lowest BCUT2D eigenvalue weighted by Gasteiger charge is -2.15. The third-order valence-corrected chi connectivity index (χ3v) is 5.41. The summed E-state index contributed by atoms with van der Waals surface area (Å²) in [5.41, 5.74) is 1.32. The Morgan fingerprint density at radius 3 is 2.23 bits per heavy atom. The van der Waals surface area contributed by atoms with Crippen molar-refractivity contribution in [3.05, 3.63) is 58.6 Å². The van der Waals surface area contributed by atoms with Crippen LogP contribution in [0.2, 0.25) is 10.0 Å². The molecule has 2 aromatic carbocycles. The van der Waals surface area contributed by atoms with Crippen LogP contribution in [-0.2, 0) is 9.59 Å². The van der Waals surface area contributed by atoms with E-state index in [1.54, 1.807) is 43.4 Å². The normalized spacial score (nSPS) is 17.7. The van der Waals surface area contributed by atoms with E-state index in [9.17, 15) is 9.59 Å². The van der Waals surface area contributed by atoms with Gasteiger partial charge in [0.05, 0.1) is 5.69 Å². The number of nitrogens with one attached hydrogen (secondary N) is 1. The summed E-state index contributed by atoms with van der Waals surface area (Å²) in [6.07, 6.45) is 0.118. The third kappa shape index (κ3) is 4.20. The Morgan fingerprint density at radius 1 is 1.08 bits per heavy atom. The van der Waals surface area contributed by atoms with Gasteiger partial charge in [-0.1, -0.05) is 35.0 Å². The summed E-state index contributed by atoms with van der Waals surface area (Å²) >= 11 is 13.0. The fourth-order valence-corrected chi connectivity index (χ4v) is 3.72. The second-order valence-electron chi connectivity index (χ2n) is 5.52. The van der Waals surface area contributed by atoms with Crippen LogP contribution >= 0.6 is 35.0 Å². The van der Waals surface area contributed by atoms with Crippen LogP contribution in [0, 0.1) is 0 Å². The topological polar surface area (TPSA) is 61.8 Å². The van der Waals surface area contributed by atoms with E-state index in [4.69, 9.17) is 23.2 Å². The molecule has 1 aliphatic rings. The molecule has 1 saturated heterocycles. The molecule has 1 atom stereocenters. The van der Waals surface area contributed by atoms with Gasteiger partial charge in [0.15, 0.2) is 5.17 Å². The summed E-state index contributed by atoms with van der Waals surface area (Å²) in [5, 5.41) is 4.34. The highest BCUT2D eigenvalue weighted by Gasteiger charge is 2.40. The number of hydrogen-bond donors (Lipinski definition) is 1. The SMILES string of the molecule is CN=C(Nc1ccc(Cl)cc1)SC1CC(=O)N(c2ccc(Cl)cc2)C1=O. The zero-order valence-corrected chi connectivity index (χ0v) is 16.1. The van der Waals surface area contributed by atoms with Gasteiger partial charge < -0.3 is 5.32 Å². The maximum atomic E-state index is 12.7. The molecule has 0 saturated carbocycles. The van der Waals surface area contributed by atoms with Crippen LogP contribution in [-0.4, -0.2) is 29.3 Å². The molecule has 0 aromatic heterocycles. The van der Waals surface area contributed by atoms with Crippen LogP contribution in [0.15, 0.2) is 53.5 Å².